The van der Waals surface area contributed by atoms with Crippen LogP contribution in [-0.4, -0.2) is 29.7 Å². The van der Waals surface area contributed by atoms with Gasteiger partial charge in [-0.05, 0) is 28.1 Å². The predicted molar refractivity (Wildman–Crippen MR) is 81.9 cm³/mol. The molecule has 0 radical (unpaired) electrons. The minimum atomic E-state index is -0.231. The average molecular weight is 345 g/mol. The summed E-state index contributed by atoms with van der Waals surface area (Å²) in [6.45, 7) is 0. The highest BCUT2D eigenvalue weighted by Crippen LogP contribution is 2.24. The third-order valence-corrected chi connectivity index (χ3v) is 3.77. The smallest absolute Gasteiger partial charge is 0.275 e. The van der Waals surface area contributed by atoms with Crippen molar-refractivity contribution in [1.82, 2.24) is 29.7 Å². The summed E-state index contributed by atoms with van der Waals surface area (Å²) in [4.78, 5) is 26.9. The van der Waals surface area contributed by atoms with E-state index in [-0.39, 0.29) is 5.56 Å². The first kappa shape index (κ1) is 12.3. The lowest BCUT2D eigenvalue weighted by Crippen LogP contribution is -2.10. The van der Waals surface area contributed by atoms with Crippen LogP contribution < -0.4 is 5.56 Å². The van der Waals surface area contributed by atoms with Crippen LogP contribution in [0, 0.1) is 0 Å². The summed E-state index contributed by atoms with van der Waals surface area (Å²) in [7, 11) is 1.80. The molecule has 0 saturated carbocycles. The molecule has 0 aliphatic rings. The molecule has 4 rings (SSSR count). The summed E-state index contributed by atoms with van der Waals surface area (Å²) in [6.07, 6.45) is 3.33. The molecule has 0 aromatic carbocycles. The molecular formula is C13H9BrN6O. The molecule has 7 nitrogen and oxygen atoms in total. The monoisotopic (exact) mass is 344 g/mol. The molecule has 0 saturated heterocycles. The van der Waals surface area contributed by atoms with Gasteiger partial charge in [-0.1, -0.05) is 0 Å². The second kappa shape index (κ2) is 4.26. The zero-order chi connectivity index (χ0) is 14.6. The first-order valence-corrected chi connectivity index (χ1v) is 6.98. The number of H-pyrrole nitrogens is 2. The summed E-state index contributed by atoms with van der Waals surface area (Å²) < 4.78 is 2.49. The number of hydrogen-bond donors (Lipinski definition) is 2. The zero-order valence-corrected chi connectivity index (χ0v) is 12.5. The summed E-state index contributed by atoms with van der Waals surface area (Å²) >= 11 is 3.39. The Morgan fingerprint density at radius 1 is 1.33 bits per heavy atom. The number of nitrogens with one attached hydrogen (secondary N) is 2. The van der Waals surface area contributed by atoms with Crippen LogP contribution in [0.15, 0.2) is 33.8 Å². The van der Waals surface area contributed by atoms with Crippen molar-refractivity contribution >= 4 is 38.0 Å². The Hall–Kier alpha value is -2.48. The van der Waals surface area contributed by atoms with Gasteiger partial charge in [0.25, 0.3) is 5.56 Å². The van der Waals surface area contributed by atoms with Crippen molar-refractivity contribution in [3.63, 3.8) is 0 Å². The Kier molecular flexibility index (Phi) is 2.49. The van der Waals surface area contributed by atoms with Gasteiger partial charge in [0.05, 0.1) is 0 Å². The van der Waals surface area contributed by atoms with Crippen molar-refractivity contribution in [1.29, 1.82) is 0 Å². The summed E-state index contributed by atoms with van der Waals surface area (Å²) in [6, 6.07) is 3.69. The molecule has 2 N–H and O–H groups in total. The summed E-state index contributed by atoms with van der Waals surface area (Å²) in [5.74, 6) is 0.480. The molecule has 0 bridgehead atoms. The molecule has 0 unspecified atom stereocenters. The molecule has 0 aliphatic heterocycles. The van der Waals surface area contributed by atoms with E-state index in [0.717, 1.165) is 15.6 Å². The van der Waals surface area contributed by atoms with Crippen molar-refractivity contribution in [3.05, 3.63) is 39.4 Å². The molecule has 0 fully saturated rings. The van der Waals surface area contributed by atoms with Crippen molar-refractivity contribution in [2.45, 2.75) is 0 Å². The predicted octanol–water partition coefficient (Wildman–Crippen LogP) is 1.96. The Balaban J connectivity index is 2.13. The fourth-order valence-corrected chi connectivity index (χ4v) is 2.68. The molecule has 0 amide bonds. The van der Waals surface area contributed by atoms with Crippen molar-refractivity contribution in [2.75, 3.05) is 0 Å². The Morgan fingerprint density at radius 2 is 2.19 bits per heavy atom. The van der Waals surface area contributed by atoms with Crippen LogP contribution in [0.5, 0.6) is 0 Å². The fourth-order valence-electron chi connectivity index (χ4n) is 2.35. The first-order valence-electron chi connectivity index (χ1n) is 6.19. The lowest BCUT2D eigenvalue weighted by molar-refractivity contribution is 0.770. The van der Waals surface area contributed by atoms with E-state index in [4.69, 9.17) is 0 Å². The summed E-state index contributed by atoms with van der Waals surface area (Å²) in [5, 5.41) is 4.89. The van der Waals surface area contributed by atoms with Gasteiger partial charge in [0.1, 0.15) is 22.4 Å². The molecule has 4 aromatic heterocycles. The van der Waals surface area contributed by atoms with Gasteiger partial charge in [-0.3, -0.25) is 9.48 Å². The number of nitrogens with zero attached hydrogens (tertiary/aromatic N) is 4. The number of halogens is 1. The number of pyridine rings is 1. The van der Waals surface area contributed by atoms with Crippen LogP contribution in [0.4, 0.5) is 0 Å². The van der Waals surface area contributed by atoms with Gasteiger partial charge in [0.15, 0.2) is 5.82 Å². The third-order valence-electron chi connectivity index (χ3n) is 3.34. The number of rotatable bonds is 1. The molecule has 104 valence electrons. The van der Waals surface area contributed by atoms with Gasteiger partial charge in [-0.2, -0.15) is 5.10 Å². The zero-order valence-electron chi connectivity index (χ0n) is 10.9. The number of hydrogen-bond acceptors (Lipinski definition) is 4. The lowest BCUT2D eigenvalue weighted by atomic mass is 10.3. The van der Waals surface area contributed by atoms with Gasteiger partial charge in [0, 0.05) is 29.3 Å². The maximum atomic E-state index is 12.3. The van der Waals surface area contributed by atoms with Crippen LogP contribution in [0.2, 0.25) is 0 Å². The number of aromatic nitrogens is 6. The van der Waals surface area contributed by atoms with Crippen LogP contribution in [-0.2, 0) is 7.05 Å². The van der Waals surface area contributed by atoms with E-state index in [1.165, 1.54) is 0 Å². The standard InChI is InChI=1S/C13H9BrN6O/c1-20-8(2-3-16-20)12-17-9-7-4-6(14)5-15-11(7)18-10(9)13(21)19-12/h2-5H,1H3,(H,15,18)(H,17,19,21). The molecule has 4 heterocycles. The topological polar surface area (TPSA) is 92.2 Å². The quantitative estimate of drug-likeness (QED) is 0.552. The fraction of sp³-hybridized carbons (Fsp3) is 0.0769. The normalized spacial score (nSPS) is 11.5. The van der Waals surface area contributed by atoms with Crippen LogP contribution >= 0.6 is 15.9 Å². The highest BCUT2D eigenvalue weighted by Gasteiger charge is 2.14. The SMILES string of the molecule is Cn1nccc1-c1nc2c([nH]c3ncc(Br)cc32)c(=O)[nH]1. The Labute approximate surface area is 126 Å². The molecule has 4 aromatic rings. The van der Waals surface area contributed by atoms with Gasteiger partial charge >= 0.3 is 0 Å². The average Bonchev–Trinajstić information content (AvgIpc) is 3.03. The van der Waals surface area contributed by atoms with E-state index in [1.54, 1.807) is 30.2 Å². The van der Waals surface area contributed by atoms with Crippen molar-refractivity contribution in [3.8, 4) is 11.5 Å². The van der Waals surface area contributed by atoms with Crippen molar-refractivity contribution < 1.29 is 0 Å². The molecule has 0 atom stereocenters. The second-order valence-corrected chi connectivity index (χ2v) is 5.57. The largest absolute Gasteiger partial charge is 0.333 e. The van der Waals surface area contributed by atoms with E-state index >= 15 is 0 Å². The van der Waals surface area contributed by atoms with Gasteiger partial charge < -0.3 is 9.97 Å². The van der Waals surface area contributed by atoms with Gasteiger partial charge in [-0.15, -0.1) is 0 Å². The molecular weight excluding hydrogens is 336 g/mol. The van der Waals surface area contributed by atoms with E-state index in [0.29, 0.717) is 22.5 Å². The van der Waals surface area contributed by atoms with Crippen LogP contribution in [0.3, 0.4) is 0 Å². The van der Waals surface area contributed by atoms with E-state index in [9.17, 15) is 4.79 Å². The lowest BCUT2D eigenvalue weighted by Gasteiger charge is -2.01. The highest BCUT2D eigenvalue weighted by molar-refractivity contribution is 9.10. The number of aryl methyl sites for hydroxylation is 1. The van der Waals surface area contributed by atoms with E-state index < -0.39 is 0 Å². The van der Waals surface area contributed by atoms with E-state index in [1.807, 2.05) is 6.07 Å². The highest BCUT2D eigenvalue weighted by atomic mass is 79.9. The van der Waals surface area contributed by atoms with Crippen LogP contribution in [0.1, 0.15) is 0 Å². The van der Waals surface area contributed by atoms with Crippen molar-refractivity contribution in [2.24, 2.45) is 7.05 Å². The molecule has 0 aliphatic carbocycles. The maximum absolute atomic E-state index is 12.3. The number of fused-ring (bicyclic) bond motifs is 3. The third kappa shape index (κ3) is 1.79. The molecule has 21 heavy (non-hydrogen) atoms. The minimum Gasteiger partial charge on any atom is -0.333 e. The first-order chi connectivity index (χ1) is 10.1. The second-order valence-electron chi connectivity index (χ2n) is 4.65. The molecule has 0 spiro atoms. The van der Waals surface area contributed by atoms with Gasteiger partial charge in [-0.25, -0.2) is 9.97 Å². The van der Waals surface area contributed by atoms with E-state index in [2.05, 4.69) is 41.0 Å². The van der Waals surface area contributed by atoms with Crippen LogP contribution in [0.25, 0.3) is 33.6 Å². The molecule has 8 heteroatoms. The maximum Gasteiger partial charge on any atom is 0.275 e. The minimum absolute atomic E-state index is 0.231. The number of aromatic amines is 2. The Morgan fingerprint density at radius 3 is 2.95 bits per heavy atom. The van der Waals surface area contributed by atoms with Gasteiger partial charge in [0.2, 0.25) is 0 Å². The summed E-state index contributed by atoms with van der Waals surface area (Å²) in [5.41, 5.74) is 2.16. The Bertz CT molecular complexity index is 1040.